The minimum Gasteiger partial charge on any atom is -0.822 e. The summed E-state index contributed by atoms with van der Waals surface area (Å²) in [5, 5.41) is 0. The Labute approximate surface area is 95.9 Å². The molecule has 0 unspecified atom stereocenters. The summed E-state index contributed by atoms with van der Waals surface area (Å²) in [6, 6.07) is 0. The number of hydrogen-bond acceptors (Lipinski definition) is 12. The average molecular weight is 315 g/mol. The summed E-state index contributed by atoms with van der Waals surface area (Å²) in [5.41, 5.74) is 0. The maximum atomic E-state index is 8.55. The van der Waals surface area contributed by atoms with Gasteiger partial charge in [0.15, 0.2) is 0 Å². The van der Waals surface area contributed by atoms with E-state index in [4.69, 9.17) is 57.7 Å². The van der Waals surface area contributed by atoms with Gasteiger partial charge in [-0.3, -0.25) is 0 Å². The highest BCUT2D eigenvalue weighted by Crippen LogP contribution is 2.04. The predicted molar refractivity (Wildman–Crippen MR) is 34.2 cm³/mol. The fourth-order valence-electron chi connectivity index (χ4n) is 0. The normalized spacial score (nSPS) is 10.8. The molecule has 0 spiro atoms. The van der Waals surface area contributed by atoms with Crippen LogP contribution in [0, 0.1) is 0 Å². The van der Waals surface area contributed by atoms with E-state index in [1.165, 1.54) is 0 Å². The van der Waals surface area contributed by atoms with Gasteiger partial charge >= 0.3 is 0 Å². The minimum absolute atomic E-state index is 2.00. The van der Waals surface area contributed by atoms with Gasteiger partial charge in [0.25, 0.3) is 0 Å². The molecule has 0 aliphatic heterocycles. The van der Waals surface area contributed by atoms with Crippen LogP contribution in [0.1, 0.15) is 13.8 Å². The van der Waals surface area contributed by atoms with Crippen molar-refractivity contribution < 1.29 is 57.7 Å². The van der Waals surface area contributed by atoms with Crippen molar-refractivity contribution in [3.63, 3.8) is 0 Å². The van der Waals surface area contributed by atoms with E-state index < -0.39 is 23.5 Å². The molecule has 0 rings (SSSR count). The molecule has 12 nitrogen and oxygen atoms in total. The lowest BCUT2D eigenvalue weighted by Gasteiger charge is -2.36. The van der Waals surface area contributed by atoms with Gasteiger partial charge in [-0.05, 0) is 0 Å². The SMILES string of the molecule is CC.O=P([O-])([O-])[O-].O=P([O-])([O-])[O-].O=P([O-])([O-])[O-]. The molecule has 0 aromatic carbocycles. The van der Waals surface area contributed by atoms with Crippen LogP contribution >= 0.6 is 23.5 Å². The summed E-state index contributed by atoms with van der Waals surface area (Å²) in [4.78, 5) is 76.9. The summed E-state index contributed by atoms with van der Waals surface area (Å²) in [7, 11) is -16.2. The van der Waals surface area contributed by atoms with Crippen molar-refractivity contribution in [1.82, 2.24) is 0 Å². The zero-order valence-electron chi connectivity index (χ0n) is 8.24. The molecule has 17 heavy (non-hydrogen) atoms. The minimum atomic E-state index is -5.39. The first-order chi connectivity index (χ1) is 7.00. The van der Waals surface area contributed by atoms with E-state index in [-0.39, 0.29) is 0 Å². The molecule has 15 heteroatoms. The van der Waals surface area contributed by atoms with Crippen molar-refractivity contribution in [2.75, 3.05) is 0 Å². The Morgan fingerprint density at radius 3 is 0.471 bits per heavy atom. The molecule has 0 heterocycles. The van der Waals surface area contributed by atoms with Crippen LogP contribution in [0.4, 0.5) is 0 Å². The van der Waals surface area contributed by atoms with E-state index >= 15 is 0 Å². The van der Waals surface area contributed by atoms with Gasteiger partial charge in [0, 0.05) is 0 Å². The number of hydrogen-bond donors (Lipinski definition) is 0. The van der Waals surface area contributed by atoms with Gasteiger partial charge in [-0.25, -0.2) is 0 Å². The standard InChI is InChI=1S/C2H6.3H3O4P/c1-2;3*1-5(2,3)4/h1-2H3;3*(H3,1,2,3,4)/p-9. The van der Waals surface area contributed by atoms with Crippen LogP contribution in [0.15, 0.2) is 0 Å². The van der Waals surface area contributed by atoms with E-state index in [1.54, 1.807) is 0 Å². The molecule has 0 aliphatic rings. The predicted octanol–water partition coefficient (Wildman–Crippen LogP) is -7.45. The highest BCUT2D eigenvalue weighted by molar-refractivity contribution is 7.40. The van der Waals surface area contributed by atoms with E-state index in [2.05, 4.69) is 0 Å². The fraction of sp³-hybridized carbons (Fsp3) is 1.00. The number of rotatable bonds is 0. The third-order valence-corrected chi connectivity index (χ3v) is 0. The third kappa shape index (κ3) is 30800. The zero-order valence-corrected chi connectivity index (χ0v) is 10.9. The molecule has 0 bridgehead atoms. The fourth-order valence-corrected chi connectivity index (χ4v) is 0. The van der Waals surface area contributed by atoms with Crippen molar-refractivity contribution in [3.8, 4) is 0 Å². The van der Waals surface area contributed by atoms with E-state index in [0.717, 1.165) is 0 Å². The van der Waals surface area contributed by atoms with Gasteiger partial charge in [-0.1, -0.05) is 13.8 Å². The Balaban J connectivity index is -0.0000000693. The topological polar surface area (TPSA) is 259 Å². The molecular weight excluding hydrogens is 309 g/mol. The highest BCUT2D eigenvalue weighted by Gasteiger charge is 1.45. The van der Waals surface area contributed by atoms with Crippen LogP contribution in [0.5, 0.6) is 0 Å². The molecule has 0 atom stereocenters. The second kappa shape index (κ2) is 11.4. The quantitative estimate of drug-likeness (QED) is 0.377. The second-order valence-corrected chi connectivity index (χ2v) is 4.02. The van der Waals surface area contributed by atoms with Gasteiger partial charge in [-0.2, -0.15) is 23.5 Å². The molecule has 0 saturated carbocycles. The molecule has 0 aliphatic carbocycles. The average Bonchev–Trinajstić information content (AvgIpc) is 1.77. The summed E-state index contributed by atoms with van der Waals surface area (Å²) in [6.07, 6.45) is 0. The largest absolute Gasteiger partial charge is 0.822 e. The van der Waals surface area contributed by atoms with Gasteiger partial charge in [0.1, 0.15) is 0 Å². The lowest BCUT2D eigenvalue weighted by molar-refractivity contribution is -0.434. The molecular formula is C2H6O12P3-9. The maximum Gasteiger partial charge on any atom is -0.0683 e. The first kappa shape index (κ1) is 26.0. The lowest BCUT2D eigenvalue weighted by atomic mass is 11.0. The Morgan fingerprint density at radius 1 is 0.471 bits per heavy atom. The van der Waals surface area contributed by atoms with Crippen molar-refractivity contribution in [3.05, 3.63) is 0 Å². The molecule has 0 radical (unpaired) electrons. The van der Waals surface area contributed by atoms with Crippen molar-refractivity contribution in [2.45, 2.75) is 13.8 Å². The van der Waals surface area contributed by atoms with E-state index in [1.807, 2.05) is 13.8 Å². The molecule has 0 N–H and O–H groups in total. The number of phosphoric acid groups is 3. The van der Waals surface area contributed by atoms with Crippen molar-refractivity contribution >= 4 is 23.5 Å². The molecule has 110 valence electrons. The summed E-state index contributed by atoms with van der Waals surface area (Å²) < 4.78 is 25.6. The van der Waals surface area contributed by atoms with Crippen LogP contribution in [0.2, 0.25) is 0 Å². The Hall–Kier alpha value is 0.330. The summed E-state index contributed by atoms with van der Waals surface area (Å²) >= 11 is 0. The smallest absolute Gasteiger partial charge is 0.0683 e. The molecule has 0 amide bonds. The third-order valence-electron chi connectivity index (χ3n) is 0. The van der Waals surface area contributed by atoms with Crippen molar-refractivity contribution in [2.24, 2.45) is 0 Å². The lowest BCUT2D eigenvalue weighted by Crippen LogP contribution is -2.24. The maximum absolute atomic E-state index is 8.55. The first-order valence-corrected chi connectivity index (χ1v) is 7.57. The zero-order chi connectivity index (χ0) is 15.5. The highest BCUT2D eigenvalue weighted by atomic mass is 31.2. The molecule has 0 aromatic heterocycles. The summed E-state index contributed by atoms with van der Waals surface area (Å²) in [5.74, 6) is 0. The van der Waals surface area contributed by atoms with Crippen LogP contribution < -0.4 is 44.0 Å². The Morgan fingerprint density at radius 2 is 0.471 bits per heavy atom. The van der Waals surface area contributed by atoms with Gasteiger partial charge in [-0.15, -0.1) is 0 Å². The van der Waals surface area contributed by atoms with Crippen LogP contribution in [0.3, 0.4) is 0 Å². The first-order valence-electron chi connectivity index (χ1n) is 3.19. The summed E-state index contributed by atoms with van der Waals surface area (Å²) in [6.45, 7) is 4.00. The van der Waals surface area contributed by atoms with Gasteiger partial charge in [0.05, 0.1) is 0 Å². The Bertz CT molecular complexity index is 206. The van der Waals surface area contributed by atoms with Crippen LogP contribution in [0.25, 0.3) is 0 Å². The van der Waals surface area contributed by atoms with Gasteiger partial charge < -0.3 is 57.7 Å². The van der Waals surface area contributed by atoms with Gasteiger partial charge in [0.2, 0.25) is 0 Å². The van der Waals surface area contributed by atoms with Crippen molar-refractivity contribution in [1.29, 1.82) is 0 Å². The van der Waals surface area contributed by atoms with E-state index in [9.17, 15) is 0 Å². The van der Waals surface area contributed by atoms with E-state index in [0.29, 0.717) is 0 Å². The second-order valence-electron chi connectivity index (χ2n) is 1.34. The van der Waals surface area contributed by atoms with Crippen LogP contribution in [-0.2, 0) is 13.7 Å². The molecule has 0 fully saturated rings. The van der Waals surface area contributed by atoms with Crippen LogP contribution in [-0.4, -0.2) is 0 Å². The Kier molecular flexibility index (Phi) is 17.5. The molecule has 0 aromatic rings. The monoisotopic (exact) mass is 315 g/mol. The molecule has 0 saturated heterocycles.